The molecule has 0 bridgehead atoms. The molecule has 0 spiro atoms. The van der Waals surface area contributed by atoms with Crippen LogP contribution < -0.4 is 16.2 Å². The van der Waals surface area contributed by atoms with Gasteiger partial charge in [0.25, 0.3) is 5.56 Å². The molecular formula is C18H20F2N4O2. The van der Waals surface area contributed by atoms with Gasteiger partial charge in [0.05, 0.1) is 12.0 Å². The Bertz CT molecular complexity index is 847. The number of amides is 2. The van der Waals surface area contributed by atoms with Crippen molar-refractivity contribution in [2.24, 2.45) is 0 Å². The lowest BCUT2D eigenvalue weighted by Crippen LogP contribution is -2.33. The molecule has 1 aliphatic carbocycles. The first kappa shape index (κ1) is 18.0. The molecule has 26 heavy (non-hydrogen) atoms. The van der Waals surface area contributed by atoms with Gasteiger partial charge in [-0.25, -0.2) is 18.6 Å². The lowest BCUT2D eigenvalue weighted by Gasteiger charge is -2.11. The summed E-state index contributed by atoms with van der Waals surface area (Å²) >= 11 is 0. The van der Waals surface area contributed by atoms with Crippen molar-refractivity contribution in [3.8, 4) is 0 Å². The quantitative estimate of drug-likeness (QED) is 0.859. The molecule has 0 aliphatic heterocycles. The number of nitrogens with one attached hydrogen (secondary N) is 2. The fourth-order valence-corrected chi connectivity index (χ4v) is 3.09. The van der Waals surface area contributed by atoms with E-state index in [0.29, 0.717) is 5.92 Å². The van der Waals surface area contributed by atoms with Crippen LogP contribution >= 0.6 is 0 Å². The zero-order valence-corrected chi connectivity index (χ0v) is 14.2. The Morgan fingerprint density at radius 1 is 1.19 bits per heavy atom. The minimum absolute atomic E-state index is 0.140. The van der Waals surface area contributed by atoms with Gasteiger partial charge in [-0.15, -0.1) is 0 Å². The first-order chi connectivity index (χ1) is 12.5. The number of benzene rings is 1. The number of carbonyl (C=O) groups is 1. The lowest BCUT2D eigenvalue weighted by atomic mass is 10.0. The Kier molecular flexibility index (Phi) is 5.60. The number of urea groups is 1. The largest absolute Gasteiger partial charge is 0.336 e. The van der Waals surface area contributed by atoms with Gasteiger partial charge in [-0.2, -0.15) is 0 Å². The van der Waals surface area contributed by atoms with Gasteiger partial charge >= 0.3 is 6.03 Å². The molecule has 6 nitrogen and oxygen atoms in total. The molecule has 0 saturated heterocycles. The number of rotatable bonds is 5. The van der Waals surface area contributed by atoms with E-state index >= 15 is 0 Å². The zero-order valence-electron chi connectivity index (χ0n) is 14.2. The Morgan fingerprint density at radius 2 is 1.96 bits per heavy atom. The van der Waals surface area contributed by atoms with E-state index in [0.717, 1.165) is 30.7 Å². The molecule has 2 amide bonds. The molecule has 138 valence electrons. The summed E-state index contributed by atoms with van der Waals surface area (Å²) in [7, 11) is 0. The Balaban J connectivity index is 1.50. The molecule has 0 radical (unpaired) electrons. The van der Waals surface area contributed by atoms with Gasteiger partial charge < -0.3 is 10.6 Å². The molecule has 0 atom stereocenters. The van der Waals surface area contributed by atoms with E-state index in [2.05, 4.69) is 15.6 Å². The number of carbonyl (C=O) groups excluding carboxylic acids is 1. The summed E-state index contributed by atoms with van der Waals surface area (Å²) in [6.45, 7) is 0.460. The number of anilines is 1. The molecule has 1 aromatic heterocycles. The Morgan fingerprint density at radius 3 is 2.65 bits per heavy atom. The molecule has 2 N–H and O–H groups in total. The number of nitrogens with zero attached hydrogens (tertiary/aromatic N) is 2. The molecule has 1 fully saturated rings. The van der Waals surface area contributed by atoms with Crippen LogP contribution in [0.25, 0.3) is 0 Å². The van der Waals surface area contributed by atoms with Crippen LogP contribution in [-0.2, 0) is 6.54 Å². The van der Waals surface area contributed by atoms with Gasteiger partial charge in [-0.05, 0) is 25.0 Å². The fraction of sp³-hybridized carbons (Fsp3) is 0.389. The highest BCUT2D eigenvalue weighted by Crippen LogP contribution is 2.32. The SMILES string of the molecule is O=C(NCCn1cnc(C2CCCC2)cc1=O)Nc1ccc(F)c(F)c1. The zero-order chi connectivity index (χ0) is 18.5. The highest BCUT2D eigenvalue weighted by molar-refractivity contribution is 5.89. The van der Waals surface area contributed by atoms with E-state index in [1.165, 1.54) is 29.8 Å². The van der Waals surface area contributed by atoms with Crippen molar-refractivity contribution < 1.29 is 13.6 Å². The predicted octanol–water partition coefficient (Wildman–Crippen LogP) is 3.00. The van der Waals surface area contributed by atoms with Gasteiger partial charge in [-0.1, -0.05) is 12.8 Å². The van der Waals surface area contributed by atoms with Gasteiger partial charge in [0.2, 0.25) is 0 Å². The monoisotopic (exact) mass is 362 g/mol. The average Bonchev–Trinajstić information content (AvgIpc) is 3.14. The third-order valence-electron chi connectivity index (χ3n) is 4.49. The molecular weight excluding hydrogens is 342 g/mol. The second-order valence-corrected chi connectivity index (χ2v) is 6.34. The smallest absolute Gasteiger partial charge is 0.319 e. The van der Waals surface area contributed by atoms with Crippen molar-refractivity contribution in [1.29, 1.82) is 0 Å². The lowest BCUT2D eigenvalue weighted by molar-refractivity contribution is 0.251. The summed E-state index contributed by atoms with van der Waals surface area (Å²) in [4.78, 5) is 28.3. The molecule has 0 unspecified atom stereocenters. The van der Waals surface area contributed by atoms with Crippen LogP contribution in [0.1, 0.15) is 37.3 Å². The van der Waals surface area contributed by atoms with Crippen molar-refractivity contribution in [2.45, 2.75) is 38.1 Å². The minimum Gasteiger partial charge on any atom is -0.336 e. The van der Waals surface area contributed by atoms with Crippen molar-refractivity contribution in [3.63, 3.8) is 0 Å². The minimum atomic E-state index is -1.04. The first-order valence-electron chi connectivity index (χ1n) is 8.59. The van der Waals surface area contributed by atoms with Gasteiger partial charge in [0, 0.05) is 36.8 Å². The molecule has 1 heterocycles. The summed E-state index contributed by atoms with van der Waals surface area (Å²) < 4.78 is 27.4. The second kappa shape index (κ2) is 8.07. The third-order valence-corrected chi connectivity index (χ3v) is 4.49. The summed E-state index contributed by atoms with van der Waals surface area (Å²) in [5, 5.41) is 4.95. The average molecular weight is 362 g/mol. The maximum absolute atomic E-state index is 13.1. The molecule has 2 aromatic rings. The number of aromatic nitrogens is 2. The van der Waals surface area contributed by atoms with Gasteiger partial charge in [-0.3, -0.25) is 9.36 Å². The number of hydrogen-bond donors (Lipinski definition) is 2. The van der Waals surface area contributed by atoms with E-state index in [-0.39, 0.29) is 24.3 Å². The van der Waals surface area contributed by atoms with Crippen molar-refractivity contribution >= 4 is 11.7 Å². The highest BCUT2D eigenvalue weighted by Gasteiger charge is 2.18. The first-order valence-corrected chi connectivity index (χ1v) is 8.59. The maximum Gasteiger partial charge on any atom is 0.319 e. The van der Waals surface area contributed by atoms with Crippen molar-refractivity contribution in [1.82, 2.24) is 14.9 Å². The van der Waals surface area contributed by atoms with E-state index in [9.17, 15) is 18.4 Å². The van der Waals surface area contributed by atoms with Crippen molar-refractivity contribution in [2.75, 3.05) is 11.9 Å². The summed E-state index contributed by atoms with van der Waals surface area (Å²) in [5.41, 5.74) is 0.832. The maximum atomic E-state index is 13.1. The number of hydrogen-bond acceptors (Lipinski definition) is 3. The number of halogens is 2. The van der Waals surface area contributed by atoms with Crippen LogP contribution in [0.4, 0.5) is 19.3 Å². The summed E-state index contributed by atoms with van der Waals surface area (Å²) in [5.74, 6) is -1.65. The molecule has 3 rings (SSSR count). The Labute approximate surface area is 149 Å². The van der Waals surface area contributed by atoms with Crippen LogP contribution in [0.2, 0.25) is 0 Å². The topological polar surface area (TPSA) is 76.0 Å². The highest BCUT2D eigenvalue weighted by atomic mass is 19.2. The van der Waals surface area contributed by atoms with Crippen LogP contribution in [0, 0.1) is 11.6 Å². The van der Waals surface area contributed by atoms with E-state index in [4.69, 9.17) is 0 Å². The van der Waals surface area contributed by atoms with E-state index < -0.39 is 17.7 Å². The molecule has 1 aromatic carbocycles. The molecule has 1 saturated carbocycles. The normalized spacial score (nSPS) is 14.4. The predicted molar refractivity (Wildman–Crippen MR) is 93.1 cm³/mol. The van der Waals surface area contributed by atoms with E-state index in [1.807, 2.05) is 0 Å². The fourth-order valence-electron chi connectivity index (χ4n) is 3.09. The third kappa shape index (κ3) is 4.44. The van der Waals surface area contributed by atoms with Gasteiger partial charge in [0.15, 0.2) is 11.6 Å². The molecule has 8 heteroatoms. The summed E-state index contributed by atoms with van der Waals surface area (Å²) in [6, 6.07) is 4.08. The standard InChI is InChI=1S/C18H20F2N4O2/c19-14-6-5-13(9-15(14)20)23-18(26)21-7-8-24-11-22-16(10-17(24)25)12-3-1-2-4-12/h5-6,9-12H,1-4,7-8H2,(H2,21,23,26). The Hall–Kier alpha value is -2.77. The molecule has 1 aliphatic rings. The van der Waals surface area contributed by atoms with Crippen molar-refractivity contribution in [3.05, 3.63) is 58.3 Å². The summed E-state index contributed by atoms with van der Waals surface area (Å²) in [6.07, 6.45) is 5.99. The van der Waals surface area contributed by atoms with Crippen LogP contribution in [0.15, 0.2) is 35.4 Å². The van der Waals surface area contributed by atoms with Crippen LogP contribution in [0.5, 0.6) is 0 Å². The van der Waals surface area contributed by atoms with E-state index in [1.54, 1.807) is 6.07 Å². The van der Waals surface area contributed by atoms with Gasteiger partial charge in [0.1, 0.15) is 0 Å². The second-order valence-electron chi connectivity index (χ2n) is 6.34. The van der Waals surface area contributed by atoms with Crippen LogP contribution in [-0.4, -0.2) is 22.1 Å². The van der Waals surface area contributed by atoms with Crippen LogP contribution in [0.3, 0.4) is 0 Å².